The number of rotatable bonds is 6. The molecule has 1 amide bonds. The van der Waals surface area contributed by atoms with Crippen molar-refractivity contribution in [1.29, 1.82) is 0 Å². The van der Waals surface area contributed by atoms with Gasteiger partial charge in [-0.15, -0.1) is 4.40 Å². The van der Waals surface area contributed by atoms with Gasteiger partial charge in [0, 0.05) is 11.9 Å². The predicted molar refractivity (Wildman–Crippen MR) is 113 cm³/mol. The van der Waals surface area contributed by atoms with Crippen molar-refractivity contribution < 1.29 is 17.9 Å². The molecule has 0 saturated carbocycles. The second-order valence-corrected chi connectivity index (χ2v) is 8.10. The van der Waals surface area contributed by atoms with Crippen molar-refractivity contribution in [1.82, 2.24) is 4.31 Å². The predicted octanol–water partition coefficient (Wildman–Crippen LogP) is 3.30. The summed E-state index contributed by atoms with van der Waals surface area (Å²) in [4.78, 5) is 12.8. The van der Waals surface area contributed by atoms with Gasteiger partial charge in [0.2, 0.25) is 0 Å². The number of nitrogens with zero attached hydrogens (tertiary/aromatic N) is 2. The van der Waals surface area contributed by atoms with Crippen LogP contribution in [0.5, 0.6) is 5.75 Å². The van der Waals surface area contributed by atoms with Crippen LogP contribution in [0.3, 0.4) is 0 Å². The summed E-state index contributed by atoms with van der Waals surface area (Å²) in [7, 11) is -2.34. The Morgan fingerprint density at radius 1 is 1.14 bits per heavy atom. The molecule has 2 aromatic carbocycles. The number of amides is 1. The van der Waals surface area contributed by atoms with E-state index >= 15 is 0 Å². The molecular formula is C21H23N3O4S. The monoisotopic (exact) mass is 413 g/mol. The Kier molecular flexibility index (Phi) is 6.03. The molecule has 3 rings (SSSR count). The van der Waals surface area contributed by atoms with E-state index in [-0.39, 0.29) is 17.8 Å². The zero-order valence-corrected chi connectivity index (χ0v) is 17.4. The third-order valence-electron chi connectivity index (χ3n) is 4.60. The summed E-state index contributed by atoms with van der Waals surface area (Å²) in [5.74, 6) is 0.274. The minimum atomic E-state index is -3.91. The lowest BCUT2D eigenvalue weighted by Gasteiger charge is -2.24. The van der Waals surface area contributed by atoms with Gasteiger partial charge in [-0.05, 0) is 42.7 Å². The molecule has 8 heteroatoms. The van der Waals surface area contributed by atoms with Gasteiger partial charge in [-0.3, -0.25) is 9.10 Å². The number of nitrogens with one attached hydrogen (secondary N) is 1. The first-order valence-corrected chi connectivity index (χ1v) is 10.6. The van der Waals surface area contributed by atoms with E-state index in [1.807, 2.05) is 31.2 Å². The smallest absolute Gasteiger partial charge is 0.344 e. The summed E-state index contributed by atoms with van der Waals surface area (Å²) in [6.07, 6.45) is 2.10. The number of hydrogen-bond acceptors (Lipinski definition) is 4. The molecule has 2 aromatic rings. The highest BCUT2D eigenvalue weighted by Gasteiger charge is 2.28. The number of carbonyl (C=O) groups is 1. The molecule has 0 spiro atoms. The quantitative estimate of drug-likeness (QED) is 0.787. The highest BCUT2D eigenvalue weighted by molar-refractivity contribution is 7.88. The average Bonchev–Trinajstić information content (AvgIpc) is 2.70. The molecule has 0 aromatic heterocycles. The van der Waals surface area contributed by atoms with Crippen LogP contribution in [-0.2, 0) is 28.0 Å². The zero-order chi connectivity index (χ0) is 21.0. The van der Waals surface area contributed by atoms with Crippen LogP contribution in [0.25, 0.3) is 0 Å². The van der Waals surface area contributed by atoms with Gasteiger partial charge in [0.15, 0.2) is 0 Å². The van der Waals surface area contributed by atoms with Crippen LogP contribution in [0.15, 0.2) is 64.7 Å². The summed E-state index contributed by atoms with van der Waals surface area (Å²) in [5.41, 5.74) is 2.80. The molecule has 0 fully saturated rings. The molecule has 0 atom stereocenters. The number of para-hydroxylation sites is 1. The van der Waals surface area contributed by atoms with Crippen LogP contribution in [-0.4, -0.2) is 31.5 Å². The number of anilines is 1. The van der Waals surface area contributed by atoms with E-state index in [1.54, 1.807) is 31.4 Å². The topological polar surface area (TPSA) is 88.1 Å². The Hall–Kier alpha value is -3.13. The van der Waals surface area contributed by atoms with Gasteiger partial charge >= 0.3 is 10.2 Å². The number of methoxy groups -OCH3 is 1. The van der Waals surface area contributed by atoms with Crippen molar-refractivity contribution in [2.24, 2.45) is 4.40 Å². The Morgan fingerprint density at radius 3 is 2.48 bits per heavy atom. The van der Waals surface area contributed by atoms with Crippen molar-refractivity contribution in [3.63, 3.8) is 0 Å². The largest absolute Gasteiger partial charge is 0.497 e. The molecule has 0 unspecified atom stereocenters. The van der Waals surface area contributed by atoms with E-state index in [0.717, 1.165) is 21.9 Å². The van der Waals surface area contributed by atoms with E-state index < -0.39 is 16.1 Å². The van der Waals surface area contributed by atoms with E-state index in [9.17, 15) is 13.2 Å². The summed E-state index contributed by atoms with van der Waals surface area (Å²) in [6, 6.07) is 14.5. The maximum Gasteiger partial charge on any atom is 0.344 e. The number of benzene rings is 2. The number of aryl methyl sites for hydroxylation is 1. The van der Waals surface area contributed by atoms with E-state index in [4.69, 9.17) is 4.74 Å². The average molecular weight is 413 g/mol. The van der Waals surface area contributed by atoms with Gasteiger partial charge in [0.05, 0.1) is 24.9 Å². The first-order valence-electron chi connectivity index (χ1n) is 9.16. The van der Waals surface area contributed by atoms with Crippen molar-refractivity contribution >= 4 is 27.5 Å². The fraction of sp³-hybridized carbons (Fsp3) is 0.238. The summed E-state index contributed by atoms with van der Waals surface area (Å²) in [6.45, 7) is 3.57. The third-order valence-corrected chi connectivity index (χ3v) is 5.93. The maximum absolute atomic E-state index is 12.8. The van der Waals surface area contributed by atoms with Crippen LogP contribution in [0.1, 0.15) is 25.0 Å². The summed E-state index contributed by atoms with van der Waals surface area (Å²) >= 11 is 0. The van der Waals surface area contributed by atoms with Crippen LogP contribution in [0, 0.1) is 0 Å². The normalized spacial score (nSPS) is 15.3. The Morgan fingerprint density at radius 2 is 1.83 bits per heavy atom. The molecule has 0 aliphatic carbocycles. The Labute approximate surface area is 170 Å². The van der Waals surface area contributed by atoms with Crippen LogP contribution in [0.2, 0.25) is 0 Å². The maximum atomic E-state index is 12.8. The Balaban J connectivity index is 1.86. The first kappa shape index (κ1) is 20.6. The molecule has 0 saturated heterocycles. The molecule has 1 aliphatic rings. The fourth-order valence-corrected chi connectivity index (χ4v) is 4.08. The third kappa shape index (κ3) is 4.65. The van der Waals surface area contributed by atoms with Crippen LogP contribution in [0.4, 0.5) is 5.69 Å². The molecule has 1 aliphatic heterocycles. The lowest BCUT2D eigenvalue weighted by atomic mass is 10.1. The molecule has 29 heavy (non-hydrogen) atoms. The van der Waals surface area contributed by atoms with Gasteiger partial charge in [-0.1, -0.05) is 37.3 Å². The minimum absolute atomic E-state index is 0.0609. The minimum Gasteiger partial charge on any atom is -0.497 e. The standard InChI is InChI=1S/C21H23N3O4S/c1-4-17-7-5-6-8-20(17)22-21(25)19-14-24(29(26,27)23-15(19)2)13-16-9-11-18(28-3)12-10-16/h5-12,14H,4,13H2,1-3H3,(H,22,25). The van der Waals surface area contributed by atoms with Crippen molar-refractivity contribution in [2.75, 3.05) is 12.4 Å². The van der Waals surface area contributed by atoms with E-state index in [2.05, 4.69) is 9.71 Å². The van der Waals surface area contributed by atoms with Gasteiger partial charge < -0.3 is 10.1 Å². The molecule has 1 N–H and O–H groups in total. The van der Waals surface area contributed by atoms with Crippen molar-refractivity contribution in [3.8, 4) is 5.75 Å². The van der Waals surface area contributed by atoms with Crippen molar-refractivity contribution in [3.05, 3.63) is 71.4 Å². The highest BCUT2D eigenvalue weighted by Crippen LogP contribution is 2.23. The van der Waals surface area contributed by atoms with Gasteiger partial charge in [-0.2, -0.15) is 8.42 Å². The zero-order valence-electron chi connectivity index (χ0n) is 16.5. The second-order valence-electron chi connectivity index (χ2n) is 6.56. The summed E-state index contributed by atoms with van der Waals surface area (Å²) < 4.78 is 34.9. The molecule has 7 nitrogen and oxygen atoms in total. The van der Waals surface area contributed by atoms with E-state index in [0.29, 0.717) is 11.4 Å². The number of carbonyl (C=O) groups excluding carboxylic acids is 1. The lowest BCUT2D eigenvalue weighted by molar-refractivity contribution is -0.112. The molecule has 0 radical (unpaired) electrons. The van der Waals surface area contributed by atoms with Crippen LogP contribution < -0.4 is 10.1 Å². The lowest BCUT2D eigenvalue weighted by Crippen LogP contribution is -2.32. The first-order chi connectivity index (χ1) is 13.8. The van der Waals surface area contributed by atoms with Gasteiger partial charge in [0.25, 0.3) is 5.91 Å². The second kappa shape index (κ2) is 8.48. The molecular weight excluding hydrogens is 390 g/mol. The molecule has 1 heterocycles. The fourth-order valence-electron chi connectivity index (χ4n) is 2.98. The van der Waals surface area contributed by atoms with Crippen LogP contribution >= 0.6 is 0 Å². The highest BCUT2D eigenvalue weighted by atomic mass is 32.2. The number of hydrogen-bond donors (Lipinski definition) is 1. The molecule has 152 valence electrons. The van der Waals surface area contributed by atoms with Crippen molar-refractivity contribution in [2.45, 2.75) is 26.8 Å². The summed E-state index contributed by atoms with van der Waals surface area (Å²) in [5, 5.41) is 2.86. The number of ether oxygens (including phenoxy) is 1. The van der Waals surface area contributed by atoms with Gasteiger partial charge in [0.1, 0.15) is 5.75 Å². The Bertz CT molecular complexity index is 1070. The van der Waals surface area contributed by atoms with E-state index in [1.165, 1.54) is 13.1 Å². The van der Waals surface area contributed by atoms with Gasteiger partial charge in [-0.25, -0.2) is 0 Å². The SMILES string of the molecule is CCc1ccccc1NC(=O)C1=CN(Cc2ccc(OC)cc2)S(=O)(=O)N=C1C. The molecule has 0 bridgehead atoms.